The molecule has 1 atom stereocenters. The van der Waals surface area contributed by atoms with Crippen molar-refractivity contribution >= 4 is 28.9 Å². The van der Waals surface area contributed by atoms with Gasteiger partial charge < -0.3 is 19.7 Å². The van der Waals surface area contributed by atoms with Crippen LogP contribution in [0, 0.1) is 0 Å². The van der Waals surface area contributed by atoms with E-state index < -0.39 is 0 Å². The number of piperazine rings is 1. The molecule has 2 aromatic carbocycles. The van der Waals surface area contributed by atoms with Crippen LogP contribution in [0.4, 0.5) is 11.4 Å². The minimum atomic E-state index is -0.261. The maximum absolute atomic E-state index is 12.8. The van der Waals surface area contributed by atoms with Crippen molar-refractivity contribution in [3.8, 4) is 11.5 Å². The number of amides is 1. The standard InChI is InChI=1S/C21H26ClN3O3/c1-15(21(26)23-17-14-16(22)8-9-19(17)27-2)24-10-12-25(13-11-24)18-6-4-5-7-20(18)28-3/h4-9,14-15H,10-13H2,1-3H3,(H,23,26)/t15-/m1/s1. The Morgan fingerprint density at radius 3 is 2.39 bits per heavy atom. The van der Waals surface area contributed by atoms with Gasteiger partial charge in [0.25, 0.3) is 0 Å². The zero-order chi connectivity index (χ0) is 20.1. The van der Waals surface area contributed by atoms with Crippen molar-refractivity contribution in [2.24, 2.45) is 0 Å². The Morgan fingerprint density at radius 1 is 1.04 bits per heavy atom. The van der Waals surface area contributed by atoms with Crippen LogP contribution >= 0.6 is 11.6 Å². The number of para-hydroxylation sites is 2. The van der Waals surface area contributed by atoms with Crippen molar-refractivity contribution in [1.29, 1.82) is 0 Å². The number of hydrogen-bond acceptors (Lipinski definition) is 5. The highest BCUT2D eigenvalue weighted by atomic mass is 35.5. The van der Waals surface area contributed by atoms with E-state index in [1.165, 1.54) is 0 Å². The predicted molar refractivity (Wildman–Crippen MR) is 113 cm³/mol. The van der Waals surface area contributed by atoms with Crippen molar-refractivity contribution in [3.05, 3.63) is 47.5 Å². The van der Waals surface area contributed by atoms with E-state index in [1.807, 2.05) is 25.1 Å². The van der Waals surface area contributed by atoms with Gasteiger partial charge in [0, 0.05) is 31.2 Å². The van der Waals surface area contributed by atoms with Gasteiger partial charge in [0.1, 0.15) is 11.5 Å². The maximum atomic E-state index is 12.8. The lowest BCUT2D eigenvalue weighted by molar-refractivity contribution is -0.120. The molecule has 1 aliphatic heterocycles. The normalized spacial score (nSPS) is 15.8. The molecular formula is C21H26ClN3O3. The van der Waals surface area contributed by atoms with E-state index in [4.69, 9.17) is 21.1 Å². The number of nitrogens with zero attached hydrogens (tertiary/aromatic N) is 2. The highest BCUT2D eigenvalue weighted by Crippen LogP contribution is 2.30. The molecule has 1 amide bonds. The quantitative estimate of drug-likeness (QED) is 0.799. The minimum absolute atomic E-state index is 0.0775. The van der Waals surface area contributed by atoms with Gasteiger partial charge in [-0.1, -0.05) is 23.7 Å². The van der Waals surface area contributed by atoms with Crippen LogP contribution in [0.2, 0.25) is 5.02 Å². The van der Waals surface area contributed by atoms with Crippen LogP contribution in [0.1, 0.15) is 6.92 Å². The third-order valence-electron chi connectivity index (χ3n) is 5.09. The molecule has 1 N–H and O–H groups in total. The summed E-state index contributed by atoms with van der Waals surface area (Å²) in [6.07, 6.45) is 0. The van der Waals surface area contributed by atoms with Gasteiger partial charge in [-0.15, -0.1) is 0 Å². The molecule has 3 rings (SSSR count). The zero-order valence-electron chi connectivity index (χ0n) is 16.4. The van der Waals surface area contributed by atoms with Gasteiger partial charge in [0.15, 0.2) is 0 Å². The molecule has 7 heteroatoms. The van der Waals surface area contributed by atoms with Crippen molar-refractivity contribution < 1.29 is 14.3 Å². The van der Waals surface area contributed by atoms with Crippen LogP contribution in [-0.2, 0) is 4.79 Å². The third-order valence-corrected chi connectivity index (χ3v) is 5.32. The predicted octanol–water partition coefficient (Wildman–Crippen LogP) is 3.51. The van der Waals surface area contributed by atoms with Gasteiger partial charge in [0.05, 0.1) is 31.6 Å². The first kappa shape index (κ1) is 20.3. The van der Waals surface area contributed by atoms with E-state index >= 15 is 0 Å². The summed E-state index contributed by atoms with van der Waals surface area (Å²) < 4.78 is 10.8. The molecule has 28 heavy (non-hydrogen) atoms. The fourth-order valence-corrected chi connectivity index (χ4v) is 3.59. The van der Waals surface area contributed by atoms with Gasteiger partial charge in [-0.3, -0.25) is 9.69 Å². The summed E-state index contributed by atoms with van der Waals surface area (Å²) >= 11 is 6.05. The van der Waals surface area contributed by atoms with E-state index in [-0.39, 0.29) is 11.9 Å². The van der Waals surface area contributed by atoms with Gasteiger partial charge in [-0.05, 0) is 37.3 Å². The molecule has 0 bridgehead atoms. The molecule has 0 unspecified atom stereocenters. The first-order valence-electron chi connectivity index (χ1n) is 9.30. The molecule has 150 valence electrons. The Hall–Kier alpha value is -2.44. The van der Waals surface area contributed by atoms with Gasteiger partial charge in [-0.25, -0.2) is 0 Å². The highest BCUT2D eigenvalue weighted by molar-refractivity contribution is 6.31. The largest absolute Gasteiger partial charge is 0.495 e. The summed E-state index contributed by atoms with van der Waals surface area (Å²) in [5.74, 6) is 1.38. The Morgan fingerprint density at radius 2 is 1.71 bits per heavy atom. The fraction of sp³-hybridized carbons (Fsp3) is 0.381. The summed E-state index contributed by atoms with van der Waals surface area (Å²) in [4.78, 5) is 17.2. The number of carbonyl (C=O) groups excluding carboxylic acids is 1. The highest BCUT2D eigenvalue weighted by Gasteiger charge is 2.27. The number of methoxy groups -OCH3 is 2. The number of benzene rings is 2. The summed E-state index contributed by atoms with van der Waals surface area (Å²) in [6.45, 7) is 5.17. The van der Waals surface area contributed by atoms with E-state index in [0.717, 1.165) is 37.6 Å². The molecule has 0 saturated carbocycles. The van der Waals surface area contributed by atoms with Crippen LogP contribution in [0.5, 0.6) is 11.5 Å². The number of anilines is 2. The van der Waals surface area contributed by atoms with Crippen LogP contribution < -0.4 is 19.7 Å². The second-order valence-corrected chi connectivity index (χ2v) is 7.14. The molecule has 1 heterocycles. The number of hydrogen-bond donors (Lipinski definition) is 1. The van der Waals surface area contributed by atoms with Crippen LogP contribution in [-0.4, -0.2) is 57.2 Å². The maximum Gasteiger partial charge on any atom is 0.241 e. The molecule has 6 nitrogen and oxygen atoms in total. The molecule has 1 fully saturated rings. The smallest absolute Gasteiger partial charge is 0.241 e. The average molecular weight is 404 g/mol. The molecule has 2 aromatic rings. The van der Waals surface area contributed by atoms with E-state index in [2.05, 4.69) is 21.2 Å². The lowest BCUT2D eigenvalue weighted by Gasteiger charge is -2.38. The summed E-state index contributed by atoms with van der Waals surface area (Å²) in [7, 11) is 3.25. The molecular weight excluding hydrogens is 378 g/mol. The summed E-state index contributed by atoms with van der Waals surface area (Å²) in [5.41, 5.74) is 1.67. The van der Waals surface area contributed by atoms with Crippen molar-refractivity contribution in [1.82, 2.24) is 4.90 Å². The molecule has 0 radical (unpaired) electrons. The van der Waals surface area contributed by atoms with E-state index in [0.29, 0.717) is 16.5 Å². The van der Waals surface area contributed by atoms with Gasteiger partial charge in [0.2, 0.25) is 5.91 Å². The fourth-order valence-electron chi connectivity index (χ4n) is 3.42. The number of carbonyl (C=O) groups is 1. The molecule has 1 aliphatic rings. The Kier molecular flexibility index (Phi) is 6.65. The van der Waals surface area contributed by atoms with Crippen molar-refractivity contribution in [2.45, 2.75) is 13.0 Å². The lowest BCUT2D eigenvalue weighted by Crippen LogP contribution is -2.52. The minimum Gasteiger partial charge on any atom is -0.495 e. The first-order valence-corrected chi connectivity index (χ1v) is 9.67. The summed E-state index contributed by atoms with van der Waals surface area (Å²) in [6, 6.07) is 12.9. The Labute approximate surface area is 171 Å². The summed E-state index contributed by atoms with van der Waals surface area (Å²) in [5, 5.41) is 3.49. The second-order valence-electron chi connectivity index (χ2n) is 6.70. The van der Waals surface area contributed by atoms with Crippen molar-refractivity contribution in [3.63, 3.8) is 0 Å². The Balaban J connectivity index is 1.61. The average Bonchev–Trinajstić information content (AvgIpc) is 2.73. The van der Waals surface area contributed by atoms with Crippen molar-refractivity contribution in [2.75, 3.05) is 50.6 Å². The zero-order valence-corrected chi connectivity index (χ0v) is 17.2. The topological polar surface area (TPSA) is 54.0 Å². The molecule has 1 saturated heterocycles. The number of rotatable bonds is 6. The Bertz CT molecular complexity index is 822. The van der Waals surface area contributed by atoms with Crippen LogP contribution in [0.15, 0.2) is 42.5 Å². The number of ether oxygens (including phenoxy) is 2. The van der Waals surface area contributed by atoms with E-state index in [1.54, 1.807) is 32.4 Å². The third kappa shape index (κ3) is 4.51. The SMILES string of the molecule is COc1ccc(Cl)cc1NC(=O)[C@@H](C)N1CCN(c2ccccc2OC)CC1. The van der Waals surface area contributed by atoms with E-state index in [9.17, 15) is 4.79 Å². The van der Waals surface area contributed by atoms with Gasteiger partial charge >= 0.3 is 0 Å². The monoisotopic (exact) mass is 403 g/mol. The first-order chi connectivity index (χ1) is 13.5. The lowest BCUT2D eigenvalue weighted by atomic mass is 10.2. The molecule has 0 spiro atoms. The van der Waals surface area contributed by atoms with Crippen LogP contribution in [0.3, 0.4) is 0 Å². The number of nitrogens with one attached hydrogen (secondary N) is 1. The van der Waals surface area contributed by atoms with Crippen LogP contribution in [0.25, 0.3) is 0 Å². The number of halogens is 1. The molecule has 0 aliphatic carbocycles. The van der Waals surface area contributed by atoms with Gasteiger partial charge in [-0.2, -0.15) is 0 Å². The second kappa shape index (κ2) is 9.17. The molecule has 0 aromatic heterocycles.